The number of carbonyl (C=O) groups excluding carboxylic acids is 3. The number of amides is 2. The van der Waals surface area contributed by atoms with Crippen molar-refractivity contribution in [2.75, 3.05) is 6.54 Å². The molecule has 1 aromatic heterocycles. The molecule has 1 aliphatic heterocycles. The predicted molar refractivity (Wildman–Crippen MR) is 139 cm³/mol. The highest BCUT2D eigenvalue weighted by atomic mass is 19.1. The lowest BCUT2D eigenvalue weighted by Crippen LogP contribution is -2.34. The first-order chi connectivity index (χ1) is 17.9. The second-order valence-electron chi connectivity index (χ2n) is 8.51. The molecule has 4 aromatic rings. The fourth-order valence-electron chi connectivity index (χ4n) is 4.29. The van der Waals surface area contributed by atoms with Crippen LogP contribution in [0.3, 0.4) is 0 Å². The first-order valence-electron chi connectivity index (χ1n) is 11.7. The number of amidine groups is 1. The smallest absolute Gasteiger partial charge is 0.256 e. The number of nitrogens with two attached hydrogens (primary N) is 1. The van der Waals surface area contributed by atoms with E-state index < -0.39 is 11.8 Å². The highest BCUT2D eigenvalue weighted by molar-refractivity contribution is 6.25. The summed E-state index contributed by atoms with van der Waals surface area (Å²) in [6.07, 6.45) is 1.83. The fourth-order valence-corrected chi connectivity index (χ4v) is 4.29. The summed E-state index contributed by atoms with van der Waals surface area (Å²) >= 11 is 0. The number of primary amides is 1. The average molecular weight is 496 g/mol. The van der Waals surface area contributed by atoms with Crippen molar-refractivity contribution in [2.45, 2.75) is 13.3 Å². The zero-order valence-corrected chi connectivity index (χ0v) is 19.9. The maximum Gasteiger partial charge on any atom is 0.256 e. The number of nitrogens with zero attached hydrogens (tertiary/aromatic N) is 1. The van der Waals surface area contributed by atoms with Crippen LogP contribution in [0.1, 0.15) is 34.1 Å². The molecule has 0 atom stereocenters. The number of aliphatic imine (C=N–C) groups is 1. The Morgan fingerprint density at radius 3 is 2.46 bits per heavy atom. The number of carbonyl (C=O) groups is 3. The Bertz CT molecular complexity index is 1630. The lowest BCUT2D eigenvalue weighted by atomic mass is 9.97. The van der Waals surface area contributed by atoms with E-state index in [2.05, 4.69) is 10.3 Å². The van der Waals surface area contributed by atoms with E-state index in [-0.39, 0.29) is 36.0 Å². The molecule has 0 fully saturated rings. The van der Waals surface area contributed by atoms with Gasteiger partial charge in [-0.25, -0.2) is 4.39 Å². The van der Waals surface area contributed by atoms with E-state index in [1.54, 1.807) is 49.4 Å². The molecule has 3 N–H and O–H groups in total. The molecule has 5 rings (SSSR count). The standard InChI is InChI=1S/C29H22FN3O4/c1-2-23(34)25-22-15-18(8-11-24(22)37-26(25)16-6-9-20(30)10-7-16)17-4-3-5-19(14-17)29(36)33-28-21(27(31)35)12-13-32-28/h3-12,14-15H,2,13H2,1H3,(H2,31,35)(H,32,33,36). The zero-order valence-electron chi connectivity index (χ0n) is 19.9. The lowest BCUT2D eigenvalue weighted by Gasteiger charge is -2.09. The van der Waals surface area contributed by atoms with Crippen molar-refractivity contribution in [1.29, 1.82) is 0 Å². The number of hydrogen-bond acceptors (Lipinski definition) is 5. The van der Waals surface area contributed by atoms with Gasteiger partial charge in [-0.1, -0.05) is 25.1 Å². The molecule has 0 saturated carbocycles. The van der Waals surface area contributed by atoms with Crippen LogP contribution < -0.4 is 11.1 Å². The second kappa shape index (κ2) is 9.66. The Morgan fingerprint density at radius 1 is 1.00 bits per heavy atom. The zero-order chi connectivity index (χ0) is 26.1. The number of ketones is 1. The summed E-state index contributed by atoms with van der Waals surface area (Å²) in [7, 11) is 0. The van der Waals surface area contributed by atoms with E-state index in [1.165, 1.54) is 12.1 Å². The Labute approximate surface area is 211 Å². The summed E-state index contributed by atoms with van der Waals surface area (Å²) in [6, 6.07) is 18.2. The molecule has 3 aromatic carbocycles. The van der Waals surface area contributed by atoms with E-state index >= 15 is 0 Å². The summed E-state index contributed by atoms with van der Waals surface area (Å²) in [5, 5.41) is 3.28. The van der Waals surface area contributed by atoms with Crippen LogP contribution in [0.5, 0.6) is 0 Å². The maximum absolute atomic E-state index is 13.5. The number of fused-ring (bicyclic) bond motifs is 1. The van der Waals surface area contributed by atoms with E-state index in [0.717, 1.165) is 11.1 Å². The first-order valence-corrected chi connectivity index (χ1v) is 11.7. The van der Waals surface area contributed by atoms with Gasteiger partial charge in [0.25, 0.3) is 11.8 Å². The van der Waals surface area contributed by atoms with Crippen molar-refractivity contribution in [3.8, 4) is 22.5 Å². The summed E-state index contributed by atoms with van der Waals surface area (Å²) in [4.78, 5) is 41.5. The molecular formula is C29H22FN3O4. The highest BCUT2D eigenvalue weighted by Gasteiger charge is 2.22. The molecule has 0 bridgehead atoms. The fraction of sp³-hybridized carbons (Fsp3) is 0.103. The Balaban J connectivity index is 1.52. The topological polar surface area (TPSA) is 115 Å². The summed E-state index contributed by atoms with van der Waals surface area (Å²) < 4.78 is 19.5. The van der Waals surface area contributed by atoms with Crippen LogP contribution in [0.2, 0.25) is 0 Å². The van der Waals surface area contributed by atoms with Gasteiger partial charge in [0.05, 0.1) is 17.7 Å². The molecule has 184 valence electrons. The maximum atomic E-state index is 13.5. The quantitative estimate of drug-likeness (QED) is 0.364. The third kappa shape index (κ3) is 4.56. The molecule has 2 amide bonds. The number of nitrogens with one attached hydrogen (secondary N) is 1. The number of halogens is 1. The molecule has 0 aliphatic carbocycles. The number of Topliss-reactive ketones (excluding diaryl/α,β-unsaturated/α-hetero) is 1. The SMILES string of the molecule is CCC(=O)c1c(-c2ccc(F)cc2)oc2ccc(-c3cccc(C(=O)NC4=NCC=C4C(N)=O)c3)cc12. The average Bonchev–Trinajstić information content (AvgIpc) is 3.53. The second-order valence-corrected chi connectivity index (χ2v) is 8.51. The van der Waals surface area contributed by atoms with Crippen molar-refractivity contribution in [1.82, 2.24) is 5.32 Å². The van der Waals surface area contributed by atoms with Gasteiger partial charge in [0.2, 0.25) is 0 Å². The van der Waals surface area contributed by atoms with Gasteiger partial charge in [0.1, 0.15) is 23.0 Å². The molecule has 0 unspecified atom stereocenters. The van der Waals surface area contributed by atoms with Crippen LogP contribution in [0.15, 0.2) is 87.8 Å². The molecular weight excluding hydrogens is 473 g/mol. The summed E-state index contributed by atoms with van der Waals surface area (Å²) in [5.41, 5.74) is 8.97. The van der Waals surface area contributed by atoms with Crippen molar-refractivity contribution in [2.24, 2.45) is 10.7 Å². The van der Waals surface area contributed by atoms with E-state index in [4.69, 9.17) is 10.2 Å². The molecule has 1 aliphatic rings. The first kappa shape index (κ1) is 23.9. The van der Waals surface area contributed by atoms with Crippen LogP contribution in [0, 0.1) is 5.82 Å². The lowest BCUT2D eigenvalue weighted by molar-refractivity contribution is -0.114. The summed E-state index contributed by atoms with van der Waals surface area (Å²) in [6.45, 7) is 2.05. The van der Waals surface area contributed by atoms with Gasteiger partial charge in [-0.05, 0) is 65.7 Å². The van der Waals surface area contributed by atoms with Gasteiger partial charge in [-0.2, -0.15) is 0 Å². The molecule has 8 heteroatoms. The number of rotatable bonds is 6. The largest absolute Gasteiger partial charge is 0.455 e. The molecule has 7 nitrogen and oxygen atoms in total. The molecule has 0 saturated heterocycles. The number of furan rings is 1. The van der Waals surface area contributed by atoms with E-state index in [0.29, 0.717) is 33.4 Å². The van der Waals surface area contributed by atoms with Crippen molar-refractivity contribution in [3.05, 3.63) is 95.3 Å². The van der Waals surface area contributed by atoms with Gasteiger partial charge in [-0.3, -0.25) is 19.4 Å². The van der Waals surface area contributed by atoms with Crippen LogP contribution in [0.4, 0.5) is 4.39 Å². The minimum absolute atomic E-state index is 0.0981. The van der Waals surface area contributed by atoms with E-state index in [1.807, 2.05) is 18.2 Å². The molecule has 37 heavy (non-hydrogen) atoms. The Morgan fingerprint density at radius 2 is 1.73 bits per heavy atom. The predicted octanol–water partition coefficient (Wildman–Crippen LogP) is 5.05. The third-order valence-electron chi connectivity index (χ3n) is 6.15. The summed E-state index contributed by atoms with van der Waals surface area (Å²) in [5.74, 6) is -1.02. The number of hydrogen-bond donors (Lipinski definition) is 2. The van der Waals surface area contributed by atoms with Gasteiger partial charge in [0, 0.05) is 22.9 Å². The van der Waals surface area contributed by atoms with E-state index in [9.17, 15) is 18.8 Å². The normalized spacial score (nSPS) is 12.8. The highest BCUT2D eigenvalue weighted by Crippen LogP contribution is 2.37. The monoisotopic (exact) mass is 495 g/mol. The third-order valence-corrected chi connectivity index (χ3v) is 6.15. The van der Waals surface area contributed by atoms with Crippen LogP contribution in [-0.4, -0.2) is 30.0 Å². The van der Waals surface area contributed by atoms with Gasteiger partial charge >= 0.3 is 0 Å². The molecule has 0 radical (unpaired) electrons. The van der Waals surface area contributed by atoms with Crippen molar-refractivity contribution in [3.63, 3.8) is 0 Å². The van der Waals surface area contributed by atoms with Crippen molar-refractivity contribution < 1.29 is 23.2 Å². The Hall–Kier alpha value is -4.85. The minimum Gasteiger partial charge on any atom is -0.455 e. The Kier molecular flexibility index (Phi) is 6.23. The van der Waals surface area contributed by atoms with Gasteiger partial charge in [-0.15, -0.1) is 0 Å². The van der Waals surface area contributed by atoms with Crippen LogP contribution in [-0.2, 0) is 4.79 Å². The van der Waals surface area contributed by atoms with Crippen LogP contribution >= 0.6 is 0 Å². The van der Waals surface area contributed by atoms with Crippen LogP contribution in [0.25, 0.3) is 33.4 Å². The molecule has 2 heterocycles. The minimum atomic E-state index is -0.656. The van der Waals surface area contributed by atoms with Gasteiger partial charge < -0.3 is 15.5 Å². The number of benzene rings is 3. The van der Waals surface area contributed by atoms with Gasteiger partial charge in [0.15, 0.2) is 5.78 Å². The molecule has 0 spiro atoms. The van der Waals surface area contributed by atoms with Crippen molar-refractivity contribution >= 4 is 34.4 Å².